The van der Waals surface area contributed by atoms with Gasteiger partial charge < -0.3 is 14.5 Å². The van der Waals surface area contributed by atoms with E-state index in [-0.39, 0.29) is 5.91 Å². The Labute approximate surface area is 135 Å². The Morgan fingerprint density at radius 1 is 1.13 bits per heavy atom. The Balaban J connectivity index is 1.53. The number of fused-ring (bicyclic) bond motifs is 1. The van der Waals surface area contributed by atoms with Gasteiger partial charge in [-0.1, -0.05) is 35.9 Å². The van der Waals surface area contributed by atoms with Crippen molar-refractivity contribution in [1.29, 1.82) is 0 Å². The number of amides is 1. The van der Waals surface area contributed by atoms with Gasteiger partial charge in [0.2, 0.25) is 0 Å². The van der Waals surface area contributed by atoms with Crippen molar-refractivity contribution in [2.45, 2.75) is 13.8 Å². The molecule has 0 aliphatic heterocycles. The molecule has 1 heterocycles. The first-order chi connectivity index (χ1) is 11.1. The van der Waals surface area contributed by atoms with Crippen LogP contribution in [0.5, 0.6) is 5.75 Å². The molecule has 1 N–H and O–H groups in total. The van der Waals surface area contributed by atoms with Crippen molar-refractivity contribution in [3.63, 3.8) is 0 Å². The van der Waals surface area contributed by atoms with Gasteiger partial charge in [-0.05, 0) is 37.6 Å². The molecule has 2 aromatic carbocycles. The molecule has 0 fully saturated rings. The van der Waals surface area contributed by atoms with Crippen LogP contribution in [0, 0.1) is 13.8 Å². The van der Waals surface area contributed by atoms with Crippen LogP contribution >= 0.6 is 0 Å². The number of hydrogen-bond acceptors (Lipinski definition) is 3. The number of carbonyl (C=O) groups excluding carboxylic acids is 1. The lowest BCUT2D eigenvalue weighted by Crippen LogP contribution is -2.27. The number of rotatable bonds is 5. The van der Waals surface area contributed by atoms with Gasteiger partial charge in [-0.15, -0.1) is 0 Å². The molecule has 4 heteroatoms. The zero-order chi connectivity index (χ0) is 16.2. The number of hydrogen-bond donors (Lipinski definition) is 1. The maximum atomic E-state index is 12.1. The first-order valence-electron chi connectivity index (χ1n) is 7.60. The van der Waals surface area contributed by atoms with E-state index in [0.717, 1.165) is 16.7 Å². The molecule has 0 radical (unpaired) electrons. The van der Waals surface area contributed by atoms with Crippen LogP contribution in [-0.4, -0.2) is 19.1 Å². The van der Waals surface area contributed by atoms with Gasteiger partial charge in [-0.3, -0.25) is 4.79 Å². The van der Waals surface area contributed by atoms with Crippen molar-refractivity contribution in [2.75, 3.05) is 13.2 Å². The van der Waals surface area contributed by atoms with Crippen LogP contribution in [0.2, 0.25) is 0 Å². The zero-order valence-electron chi connectivity index (χ0n) is 13.3. The van der Waals surface area contributed by atoms with Crippen molar-refractivity contribution >= 4 is 16.9 Å². The van der Waals surface area contributed by atoms with Crippen LogP contribution in [-0.2, 0) is 0 Å². The molecule has 0 bridgehead atoms. The van der Waals surface area contributed by atoms with Gasteiger partial charge in [-0.2, -0.15) is 0 Å². The molecule has 4 nitrogen and oxygen atoms in total. The normalized spacial score (nSPS) is 10.7. The monoisotopic (exact) mass is 309 g/mol. The molecule has 3 rings (SSSR count). The van der Waals surface area contributed by atoms with Crippen LogP contribution in [0.1, 0.15) is 21.7 Å². The highest BCUT2D eigenvalue weighted by Crippen LogP contribution is 2.19. The number of benzene rings is 2. The summed E-state index contributed by atoms with van der Waals surface area (Å²) >= 11 is 0. The lowest BCUT2D eigenvalue weighted by Gasteiger charge is -2.10. The standard InChI is InChI=1S/C19H19NO3/c1-13-7-8-16(14(2)11-13)22-10-9-20-19(21)18-12-15-5-3-4-6-17(15)23-18/h3-8,11-12H,9-10H2,1-2H3,(H,20,21). The van der Waals surface area contributed by atoms with Crippen LogP contribution in [0.3, 0.4) is 0 Å². The topological polar surface area (TPSA) is 51.5 Å². The molecule has 0 saturated carbocycles. The number of ether oxygens (including phenoxy) is 1. The second-order valence-electron chi connectivity index (χ2n) is 5.52. The highest BCUT2D eigenvalue weighted by molar-refractivity contribution is 5.96. The molecule has 0 aliphatic rings. The maximum Gasteiger partial charge on any atom is 0.287 e. The fraction of sp³-hybridized carbons (Fsp3) is 0.211. The number of para-hydroxylation sites is 1. The van der Waals surface area contributed by atoms with E-state index in [9.17, 15) is 4.79 Å². The summed E-state index contributed by atoms with van der Waals surface area (Å²) in [5, 5.41) is 3.72. The highest BCUT2D eigenvalue weighted by Gasteiger charge is 2.11. The lowest BCUT2D eigenvalue weighted by molar-refractivity contribution is 0.0921. The van der Waals surface area contributed by atoms with Gasteiger partial charge in [0, 0.05) is 5.39 Å². The fourth-order valence-electron chi connectivity index (χ4n) is 2.47. The molecule has 3 aromatic rings. The largest absolute Gasteiger partial charge is 0.491 e. The van der Waals surface area contributed by atoms with Crippen LogP contribution in [0.4, 0.5) is 0 Å². The van der Waals surface area contributed by atoms with E-state index in [4.69, 9.17) is 9.15 Å². The molecular formula is C19H19NO3. The number of carbonyl (C=O) groups is 1. The third-order valence-electron chi connectivity index (χ3n) is 3.62. The minimum Gasteiger partial charge on any atom is -0.491 e. The summed E-state index contributed by atoms with van der Waals surface area (Å²) in [4.78, 5) is 12.1. The number of aryl methyl sites for hydroxylation is 2. The summed E-state index contributed by atoms with van der Waals surface area (Å²) in [6, 6.07) is 15.3. The minimum atomic E-state index is -0.231. The molecule has 118 valence electrons. The Bertz CT molecular complexity index is 803. The third kappa shape index (κ3) is 3.54. The number of nitrogens with one attached hydrogen (secondary N) is 1. The van der Waals surface area contributed by atoms with Gasteiger partial charge in [0.25, 0.3) is 5.91 Å². The maximum absolute atomic E-state index is 12.1. The van der Waals surface area contributed by atoms with Gasteiger partial charge in [-0.25, -0.2) is 0 Å². The Morgan fingerprint density at radius 3 is 2.74 bits per heavy atom. The third-order valence-corrected chi connectivity index (χ3v) is 3.62. The lowest BCUT2D eigenvalue weighted by atomic mass is 10.1. The SMILES string of the molecule is Cc1ccc(OCCNC(=O)c2cc3ccccc3o2)c(C)c1. The van der Waals surface area contributed by atoms with Gasteiger partial charge in [0.05, 0.1) is 6.54 Å². The Hall–Kier alpha value is -2.75. The van der Waals surface area contributed by atoms with Crippen LogP contribution < -0.4 is 10.1 Å². The quantitative estimate of drug-likeness (QED) is 0.728. The van der Waals surface area contributed by atoms with Crippen molar-refractivity contribution in [3.05, 3.63) is 65.4 Å². The fourth-order valence-corrected chi connectivity index (χ4v) is 2.47. The summed E-state index contributed by atoms with van der Waals surface area (Å²) in [6.07, 6.45) is 0. The summed E-state index contributed by atoms with van der Waals surface area (Å²) in [7, 11) is 0. The van der Waals surface area contributed by atoms with Crippen LogP contribution in [0.15, 0.2) is 52.9 Å². The molecule has 0 atom stereocenters. The van der Waals surface area contributed by atoms with E-state index >= 15 is 0 Å². The molecule has 0 aliphatic carbocycles. The average molecular weight is 309 g/mol. The van der Waals surface area contributed by atoms with Crippen LogP contribution in [0.25, 0.3) is 11.0 Å². The van der Waals surface area contributed by atoms with E-state index in [2.05, 4.69) is 11.4 Å². The molecular weight excluding hydrogens is 290 g/mol. The Morgan fingerprint density at radius 2 is 1.96 bits per heavy atom. The zero-order valence-corrected chi connectivity index (χ0v) is 13.3. The van der Waals surface area contributed by atoms with Gasteiger partial charge in [0.1, 0.15) is 17.9 Å². The second kappa shape index (κ2) is 6.57. The molecule has 1 amide bonds. The van der Waals surface area contributed by atoms with Crippen molar-refractivity contribution in [1.82, 2.24) is 5.32 Å². The molecule has 1 aromatic heterocycles. The van der Waals surface area contributed by atoms with Crippen molar-refractivity contribution < 1.29 is 13.9 Å². The van der Waals surface area contributed by atoms with Gasteiger partial charge >= 0.3 is 0 Å². The molecule has 0 saturated heterocycles. The highest BCUT2D eigenvalue weighted by atomic mass is 16.5. The minimum absolute atomic E-state index is 0.231. The second-order valence-corrected chi connectivity index (χ2v) is 5.52. The van der Waals surface area contributed by atoms with E-state index in [1.54, 1.807) is 6.07 Å². The van der Waals surface area contributed by atoms with Gasteiger partial charge in [0.15, 0.2) is 5.76 Å². The summed E-state index contributed by atoms with van der Waals surface area (Å²) in [5.74, 6) is 0.928. The molecule has 23 heavy (non-hydrogen) atoms. The van der Waals surface area contributed by atoms with E-state index in [1.807, 2.05) is 50.2 Å². The predicted octanol–water partition coefficient (Wildman–Crippen LogP) is 3.86. The summed E-state index contributed by atoms with van der Waals surface area (Å²) in [6.45, 7) is 4.89. The Kier molecular flexibility index (Phi) is 4.33. The summed E-state index contributed by atoms with van der Waals surface area (Å²) in [5.41, 5.74) is 3.01. The smallest absolute Gasteiger partial charge is 0.287 e. The average Bonchev–Trinajstić information content (AvgIpc) is 2.97. The molecule has 0 unspecified atom stereocenters. The molecule has 0 spiro atoms. The van der Waals surface area contributed by atoms with E-state index in [0.29, 0.717) is 24.5 Å². The number of furan rings is 1. The first-order valence-corrected chi connectivity index (χ1v) is 7.60. The predicted molar refractivity (Wildman–Crippen MR) is 90.0 cm³/mol. The van der Waals surface area contributed by atoms with E-state index < -0.39 is 0 Å². The summed E-state index contributed by atoms with van der Waals surface area (Å²) < 4.78 is 11.2. The van der Waals surface area contributed by atoms with Crippen molar-refractivity contribution in [2.24, 2.45) is 0 Å². The van der Waals surface area contributed by atoms with Crippen molar-refractivity contribution in [3.8, 4) is 5.75 Å². The first kappa shape index (κ1) is 15.2. The van der Waals surface area contributed by atoms with E-state index in [1.165, 1.54) is 5.56 Å².